The van der Waals surface area contributed by atoms with Crippen LogP contribution in [0.25, 0.3) is 0 Å². The van der Waals surface area contributed by atoms with Gasteiger partial charge in [0.1, 0.15) is 11.9 Å². The van der Waals surface area contributed by atoms with Crippen LogP contribution in [0, 0.1) is 12.7 Å². The van der Waals surface area contributed by atoms with Crippen molar-refractivity contribution in [3.8, 4) is 0 Å². The zero-order valence-corrected chi connectivity index (χ0v) is 21.8. The quantitative estimate of drug-likeness (QED) is 0.417. The number of para-hydroxylation sites is 1. The number of benzene rings is 2. The smallest absolute Gasteiger partial charge is 0.242 e. The minimum atomic E-state index is -3.75. The summed E-state index contributed by atoms with van der Waals surface area (Å²) in [4.78, 5) is 27.5. The third-order valence-corrected chi connectivity index (χ3v) is 7.05. The number of rotatable bonds is 13. The molecule has 0 aliphatic heterocycles. The average molecular weight is 506 g/mol. The number of unbranched alkanes of at least 4 members (excludes halogenated alkanes) is 1. The van der Waals surface area contributed by atoms with Gasteiger partial charge in [0.2, 0.25) is 21.8 Å². The Morgan fingerprint density at radius 3 is 2.34 bits per heavy atom. The second kappa shape index (κ2) is 13.2. The van der Waals surface area contributed by atoms with Gasteiger partial charge in [0.05, 0.1) is 11.9 Å². The molecular formula is C26H36FN3O4S. The van der Waals surface area contributed by atoms with E-state index < -0.39 is 21.9 Å². The first-order valence-electron chi connectivity index (χ1n) is 11.9. The molecule has 2 rings (SSSR count). The zero-order valence-electron chi connectivity index (χ0n) is 21.0. The topological polar surface area (TPSA) is 86.8 Å². The van der Waals surface area contributed by atoms with Gasteiger partial charge in [-0.25, -0.2) is 12.8 Å². The second-order valence-corrected chi connectivity index (χ2v) is 10.6. The summed E-state index contributed by atoms with van der Waals surface area (Å²) in [6.07, 6.45) is 2.99. The molecule has 0 aliphatic rings. The van der Waals surface area contributed by atoms with Crippen LogP contribution in [0.15, 0.2) is 48.5 Å². The molecule has 0 aromatic heterocycles. The fraction of sp³-hybridized carbons (Fsp3) is 0.462. The Hall–Kier alpha value is -2.94. The van der Waals surface area contributed by atoms with E-state index >= 15 is 0 Å². The van der Waals surface area contributed by atoms with E-state index in [1.807, 2.05) is 38.1 Å². The number of aryl methyl sites for hydroxylation is 1. The van der Waals surface area contributed by atoms with Crippen LogP contribution in [0.1, 0.15) is 50.7 Å². The highest BCUT2D eigenvalue weighted by Crippen LogP contribution is 2.22. The molecule has 192 valence electrons. The molecule has 1 atom stereocenters. The number of carbonyl (C=O) groups excluding carboxylic acids is 2. The minimum absolute atomic E-state index is 0.0128. The van der Waals surface area contributed by atoms with Crippen molar-refractivity contribution < 1.29 is 22.4 Å². The van der Waals surface area contributed by atoms with Crippen LogP contribution in [0.2, 0.25) is 0 Å². The van der Waals surface area contributed by atoms with E-state index in [-0.39, 0.29) is 43.4 Å². The maximum atomic E-state index is 14.3. The van der Waals surface area contributed by atoms with Gasteiger partial charge < -0.3 is 10.2 Å². The first kappa shape index (κ1) is 28.3. The third kappa shape index (κ3) is 8.35. The number of nitrogens with one attached hydrogen (secondary N) is 1. The van der Waals surface area contributed by atoms with Gasteiger partial charge in [0.25, 0.3) is 0 Å². The Kier molecular flexibility index (Phi) is 10.7. The fourth-order valence-corrected chi connectivity index (χ4v) is 4.69. The van der Waals surface area contributed by atoms with E-state index in [0.29, 0.717) is 6.54 Å². The minimum Gasteiger partial charge on any atom is -0.354 e. The SMILES string of the molecule is CCCCNC(=O)[C@@H](C)N(Cc1ccccc1C)C(=O)CCCN(c1ccccc1F)S(C)(=O)=O. The number of halogens is 1. The number of hydrogen-bond acceptors (Lipinski definition) is 4. The lowest BCUT2D eigenvalue weighted by Crippen LogP contribution is -2.48. The summed E-state index contributed by atoms with van der Waals surface area (Å²) >= 11 is 0. The molecule has 0 unspecified atom stereocenters. The van der Waals surface area contributed by atoms with Crippen molar-refractivity contribution in [2.45, 2.75) is 59.0 Å². The van der Waals surface area contributed by atoms with Crippen molar-refractivity contribution in [2.75, 3.05) is 23.7 Å². The number of carbonyl (C=O) groups is 2. The molecule has 0 saturated carbocycles. The molecule has 2 amide bonds. The van der Waals surface area contributed by atoms with Gasteiger partial charge in [-0.15, -0.1) is 0 Å². The monoisotopic (exact) mass is 505 g/mol. The van der Waals surface area contributed by atoms with Gasteiger partial charge in [-0.05, 0) is 49.9 Å². The van der Waals surface area contributed by atoms with Crippen molar-refractivity contribution >= 4 is 27.5 Å². The van der Waals surface area contributed by atoms with E-state index in [0.717, 1.165) is 34.5 Å². The second-order valence-electron chi connectivity index (χ2n) is 8.66. The first-order valence-corrected chi connectivity index (χ1v) is 13.7. The predicted octanol–water partition coefficient (Wildman–Crippen LogP) is 4.01. The van der Waals surface area contributed by atoms with Gasteiger partial charge in [-0.2, -0.15) is 0 Å². The van der Waals surface area contributed by atoms with Crippen LogP contribution in [-0.4, -0.2) is 50.5 Å². The molecule has 0 fully saturated rings. The number of amides is 2. The van der Waals surface area contributed by atoms with Crippen LogP contribution < -0.4 is 9.62 Å². The summed E-state index contributed by atoms with van der Waals surface area (Å²) in [5.74, 6) is -1.15. The maximum absolute atomic E-state index is 14.3. The molecule has 0 spiro atoms. The van der Waals surface area contributed by atoms with Gasteiger partial charge in [0, 0.05) is 26.1 Å². The first-order chi connectivity index (χ1) is 16.6. The van der Waals surface area contributed by atoms with Crippen LogP contribution in [0.4, 0.5) is 10.1 Å². The molecule has 2 aromatic carbocycles. The normalized spacial score (nSPS) is 12.1. The highest BCUT2D eigenvalue weighted by Gasteiger charge is 2.27. The van der Waals surface area contributed by atoms with Crippen molar-refractivity contribution in [3.05, 3.63) is 65.5 Å². The third-order valence-electron chi connectivity index (χ3n) is 5.87. The maximum Gasteiger partial charge on any atom is 0.242 e. The van der Waals surface area contributed by atoms with Crippen molar-refractivity contribution in [1.82, 2.24) is 10.2 Å². The Morgan fingerprint density at radius 2 is 1.71 bits per heavy atom. The summed E-state index contributed by atoms with van der Waals surface area (Å²) in [6.45, 7) is 6.42. The molecule has 7 nitrogen and oxygen atoms in total. The largest absolute Gasteiger partial charge is 0.354 e. The highest BCUT2D eigenvalue weighted by atomic mass is 32.2. The van der Waals surface area contributed by atoms with Crippen LogP contribution in [0.5, 0.6) is 0 Å². The molecule has 0 radical (unpaired) electrons. The van der Waals surface area contributed by atoms with Crippen molar-refractivity contribution in [3.63, 3.8) is 0 Å². The Morgan fingerprint density at radius 1 is 1.06 bits per heavy atom. The zero-order chi connectivity index (χ0) is 26.0. The highest BCUT2D eigenvalue weighted by molar-refractivity contribution is 7.92. The Labute approximate surface area is 208 Å². The van der Waals surface area contributed by atoms with Crippen molar-refractivity contribution in [1.29, 1.82) is 0 Å². The molecule has 2 aromatic rings. The summed E-state index contributed by atoms with van der Waals surface area (Å²) in [6, 6.07) is 12.6. The summed E-state index contributed by atoms with van der Waals surface area (Å²) < 4.78 is 39.8. The summed E-state index contributed by atoms with van der Waals surface area (Å²) in [7, 11) is -3.75. The van der Waals surface area contributed by atoms with E-state index in [4.69, 9.17) is 0 Å². The van der Waals surface area contributed by atoms with Gasteiger partial charge in [-0.3, -0.25) is 13.9 Å². The van der Waals surface area contributed by atoms with Crippen LogP contribution in [-0.2, 0) is 26.2 Å². The Balaban J connectivity index is 2.16. The van der Waals surface area contributed by atoms with Crippen LogP contribution >= 0.6 is 0 Å². The molecule has 0 aliphatic carbocycles. The molecule has 1 N–H and O–H groups in total. The van der Waals surface area contributed by atoms with Crippen LogP contribution in [0.3, 0.4) is 0 Å². The number of hydrogen-bond donors (Lipinski definition) is 1. The molecule has 0 heterocycles. The molecule has 35 heavy (non-hydrogen) atoms. The number of nitrogens with zero attached hydrogens (tertiary/aromatic N) is 2. The van der Waals surface area contributed by atoms with Gasteiger partial charge >= 0.3 is 0 Å². The van der Waals surface area contributed by atoms with E-state index in [2.05, 4.69) is 5.32 Å². The summed E-state index contributed by atoms with van der Waals surface area (Å²) in [5, 5.41) is 2.88. The number of anilines is 1. The molecule has 0 bridgehead atoms. The van der Waals surface area contributed by atoms with E-state index in [1.54, 1.807) is 13.0 Å². The van der Waals surface area contributed by atoms with Crippen molar-refractivity contribution in [2.24, 2.45) is 0 Å². The lowest BCUT2D eigenvalue weighted by Gasteiger charge is -2.30. The van der Waals surface area contributed by atoms with E-state index in [1.165, 1.54) is 23.1 Å². The molecule has 0 saturated heterocycles. The summed E-state index contributed by atoms with van der Waals surface area (Å²) in [5.41, 5.74) is 1.88. The number of sulfonamides is 1. The lowest BCUT2D eigenvalue weighted by molar-refractivity contribution is -0.140. The van der Waals surface area contributed by atoms with E-state index in [9.17, 15) is 22.4 Å². The fourth-order valence-electron chi connectivity index (χ4n) is 3.73. The predicted molar refractivity (Wildman–Crippen MR) is 137 cm³/mol. The average Bonchev–Trinajstić information content (AvgIpc) is 2.80. The Bertz CT molecular complexity index is 1110. The molecular weight excluding hydrogens is 469 g/mol. The standard InChI is InChI=1S/C26H36FN3O4S/c1-5-6-17-28-26(32)21(3)29(19-22-13-8-7-12-20(22)2)25(31)16-11-18-30(35(4,33)34)24-15-10-9-14-23(24)27/h7-10,12-15,21H,5-6,11,16-19H2,1-4H3,(H,28,32)/t21-/m1/s1. The lowest BCUT2D eigenvalue weighted by atomic mass is 10.1. The molecule has 9 heteroatoms. The van der Waals surface area contributed by atoms with Gasteiger partial charge in [0.15, 0.2) is 0 Å². The van der Waals surface area contributed by atoms with Gasteiger partial charge in [-0.1, -0.05) is 49.7 Å².